The Morgan fingerprint density at radius 1 is 1.24 bits per heavy atom. The highest BCUT2D eigenvalue weighted by Gasteiger charge is 2.29. The molecule has 0 spiro atoms. The first-order chi connectivity index (χ1) is 14.2. The van der Waals surface area contributed by atoms with Crippen molar-refractivity contribution in [1.82, 2.24) is 14.8 Å². The summed E-state index contributed by atoms with van der Waals surface area (Å²) in [5.41, 5.74) is 2.25. The summed E-state index contributed by atoms with van der Waals surface area (Å²) in [4.78, 5) is 3.50. The fourth-order valence-corrected chi connectivity index (χ4v) is 4.72. The predicted molar refractivity (Wildman–Crippen MR) is 112 cm³/mol. The van der Waals surface area contributed by atoms with E-state index in [2.05, 4.69) is 44.1 Å². The molecule has 29 heavy (non-hydrogen) atoms. The van der Waals surface area contributed by atoms with Crippen LogP contribution in [-0.2, 0) is 24.3 Å². The van der Waals surface area contributed by atoms with E-state index in [9.17, 15) is 4.39 Å². The number of rotatable bonds is 7. The average molecular weight is 413 g/mol. The molecule has 2 aromatic heterocycles. The summed E-state index contributed by atoms with van der Waals surface area (Å²) in [6, 6.07) is 9.36. The van der Waals surface area contributed by atoms with E-state index < -0.39 is 0 Å². The molecule has 152 valence electrons. The van der Waals surface area contributed by atoms with Crippen molar-refractivity contribution in [1.29, 1.82) is 0 Å². The molecule has 0 saturated heterocycles. The number of thiophene rings is 1. The molecule has 1 aliphatic carbocycles. The highest BCUT2D eigenvalue weighted by Crippen LogP contribution is 2.34. The Hall–Kier alpha value is -2.25. The first-order valence-electron chi connectivity index (χ1n) is 10.3. The molecule has 1 aliphatic heterocycles. The lowest BCUT2D eigenvalue weighted by atomic mass is 9.94. The maximum atomic E-state index is 13.9. The van der Waals surface area contributed by atoms with E-state index >= 15 is 0 Å². The monoisotopic (exact) mass is 412 g/mol. The van der Waals surface area contributed by atoms with Crippen LogP contribution in [0.15, 0.2) is 35.7 Å². The first kappa shape index (κ1) is 18.8. The van der Waals surface area contributed by atoms with Gasteiger partial charge in [-0.05, 0) is 66.8 Å². The van der Waals surface area contributed by atoms with Crippen molar-refractivity contribution in [2.75, 3.05) is 18.1 Å². The number of ether oxygens (including phenoxy) is 1. The molecule has 1 fully saturated rings. The van der Waals surface area contributed by atoms with Crippen molar-refractivity contribution in [2.24, 2.45) is 5.92 Å². The van der Waals surface area contributed by atoms with E-state index in [1.807, 2.05) is 6.07 Å². The molecule has 0 radical (unpaired) electrons. The maximum absolute atomic E-state index is 13.9. The fourth-order valence-electron chi connectivity index (χ4n) is 4.02. The third-order valence-corrected chi connectivity index (χ3v) is 6.75. The number of halogens is 1. The number of hydrogen-bond acceptors (Lipinski definition) is 5. The summed E-state index contributed by atoms with van der Waals surface area (Å²) < 4.78 is 22.0. The van der Waals surface area contributed by atoms with E-state index in [1.54, 1.807) is 23.5 Å². The van der Waals surface area contributed by atoms with Crippen LogP contribution in [0.1, 0.15) is 47.6 Å². The number of anilines is 1. The Kier molecular flexibility index (Phi) is 5.09. The molecule has 0 amide bonds. The molecule has 0 N–H and O–H groups in total. The van der Waals surface area contributed by atoms with Gasteiger partial charge in [0.25, 0.3) is 0 Å². The third-order valence-electron chi connectivity index (χ3n) is 5.89. The summed E-state index contributed by atoms with van der Waals surface area (Å²) in [5, 5.41) is 11.1. The third kappa shape index (κ3) is 3.94. The van der Waals surface area contributed by atoms with Crippen LogP contribution in [-0.4, -0.2) is 27.9 Å². The van der Waals surface area contributed by atoms with Gasteiger partial charge in [-0.2, -0.15) is 0 Å². The van der Waals surface area contributed by atoms with Crippen LogP contribution in [0.2, 0.25) is 0 Å². The van der Waals surface area contributed by atoms with Crippen molar-refractivity contribution in [3.63, 3.8) is 0 Å². The van der Waals surface area contributed by atoms with Crippen molar-refractivity contribution >= 4 is 17.3 Å². The van der Waals surface area contributed by atoms with Gasteiger partial charge < -0.3 is 9.64 Å². The van der Waals surface area contributed by atoms with Crippen LogP contribution >= 0.6 is 11.3 Å². The summed E-state index contributed by atoms with van der Waals surface area (Å²) in [6.45, 7) is 4.95. The highest BCUT2D eigenvalue weighted by atomic mass is 32.1. The molecule has 5 nitrogen and oxygen atoms in total. The Balaban J connectivity index is 1.44. The second-order valence-electron chi connectivity index (χ2n) is 8.00. The lowest BCUT2D eigenvalue weighted by molar-refractivity contribution is 0.104. The molecule has 2 aliphatic rings. The summed E-state index contributed by atoms with van der Waals surface area (Å²) in [5.74, 6) is 2.22. The van der Waals surface area contributed by atoms with Gasteiger partial charge in [-0.15, -0.1) is 21.5 Å². The zero-order chi connectivity index (χ0) is 19.8. The molecule has 1 aromatic carbocycles. The van der Waals surface area contributed by atoms with Crippen LogP contribution in [0.3, 0.4) is 0 Å². The fraction of sp³-hybridized carbons (Fsp3) is 0.455. The number of nitrogens with zero attached hydrogens (tertiary/aromatic N) is 4. The van der Waals surface area contributed by atoms with Gasteiger partial charge in [-0.3, -0.25) is 4.57 Å². The van der Waals surface area contributed by atoms with Gasteiger partial charge in [-0.25, -0.2) is 4.39 Å². The van der Waals surface area contributed by atoms with E-state index in [-0.39, 0.29) is 11.9 Å². The minimum absolute atomic E-state index is 0.0426. The Labute approximate surface area is 174 Å². The molecule has 0 bridgehead atoms. The molecule has 1 atom stereocenters. The zero-order valence-corrected chi connectivity index (χ0v) is 17.4. The lowest BCUT2D eigenvalue weighted by Gasteiger charge is -2.36. The molecule has 5 rings (SSSR count). The van der Waals surface area contributed by atoms with Gasteiger partial charge in [0.1, 0.15) is 12.4 Å². The van der Waals surface area contributed by atoms with Gasteiger partial charge in [0.15, 0.2) is 5.82 Å². The lowest BCUT2D eigenvalue weighted by Crippen LogP contribution is -2.36. The number of fused-ring (bicyclic) bond motifs is 1. The van der Waals surface area contributed by atoms with Crippen LogP contribution in [0.25, 0.3) is 0 Å². The second-order valence-corrected chi connectivity index (χ2v) is 9.03. The Morgan fingerprint density at radius 3 is 2.93 bits per heavy atom. The van der Waals surface area contributed by atoms with Crippen molar-refractivity contribution < 1.29 is 9.13 Å². The van der Waals surface area contributed by atoms with Crippen LogP contribution in [0, 0.1) is 11.7 Å². The molecule has 3 aromatic rings. The first-order valence-corrected chi connectivity index (χ1v) is 11.1. The molecule has 1 saturated carbocycles. The van der Waals surface area contributed by atoms with Gasteiger partial charge in [0, 0.05) is 18.0 Å². The standard InChI is InChI=1S/C22H25FN4OS/c1-15-20-11-18(23)7-6-17(20)8-9-26(15)22-25-24-21(14-28-13-16-4-5-16)27(22)12-19-3-2-10-29-19/h2-3,6-7,10-11,15-16H,4-5,8-9,12-14H2,1H3. The summed E-state index contributed by atoms with van der Waals surface area (Å²) in [6.07, 6.45) is 3.42. The quantitative estimate of drug-likeness (QED) is 0.570. The van der Waals surface area contributed by atoms with Crippen molar-refractivity contribution in [2.45, 2.75) is 45.4 Å². The molecule has 3 heterocycles. The average Bonchev–Trinajstić information content (AvgIpc) is 3.24. The van der Waals surface area contributed by atoms with E-state index in [1.165, 1.54) is 23.3 Å². The Bertz CT molecular complexity index is 983. The number of hydrogen-bond donors (Lipinski definition) is 0. The maximum Gasteiger partial charge on any atom is 0.228 e. The van der Waals surface area contributed by atoms with Gasteiger partial charge >= 0.3 is 0 Å². The van der Waals surface area contributed by atoms with Gasteiger partial charge in [0.05, 0.1) is 12.6 Å². The minimum Gasteiger partial charge on any atom is -0.373 e. The highest BCUT2D eigenvalue weighted by molar-refractivity contribution is 7.09. The normalized spacial score (nSPS) is 18.8. The SMILES string of the molecule is CC1c2cc(F)ccc2CCN1c1nnc(COCC2CC2)n1Cc1cccs1. The second kappa shape index (κ2) is 7.88. The van der Waals surface area contributed by atoms with Crippen molar-refractivity contribution in [3.05, 3.63) is 63.4 Å². The number of aromatic nitrogens is 3. The smallest absolute Gasteiger partial charge is 0.228 e. The van der Waals surface area contributed by atoms with E-state index in [4.69, 9.17) is 4.74 Å². The number of benzene rings is 1. The van der Waals surface area contributed by atoms with Crippen molar-refractivity contribution in [3.8, 4) is 0 Å². The summed E-state index contributed by atoms with van der Waals surface area (Å²) in [7, 11) is 0. The van der Waals surface area contributed by atoms with Gasteiger partial charge in [0.2, 0.25) is 5.95 Å². The topological polar surface area (TPSA) is 43.2 Å². The molecule has 1 unspecified atom stereocenters. The zero-order valence-electron chi connectivity index (χ0n) is 16.6. The molecular weight excluding hydrogens is 387 g/mol. The van der Waals surface area contributed by atoms with Crippen LogP contribution in [0.4, 0.5) is 10.3 Å². The molecule has 7 heteroatoms. The summed E-state index contributed by atoms with van der Waals surface area (Å²) >= 11 is 1.73. The largest absolute Gasteiger partial charge is 0.373 e. The minimum atomic E-state index is -0.188. The molecular formula is C22H25FN4OS. The predicted octanol–water partition coefficient (Wildman–Crippen LogP) is 4.58. The van der Waals surface area contributed by atoms with Crippen LogP contribution in [0.5, 0.6) is 0 Å². The van der Waals surface area contributed by atoms with E-state index in [0.717, 1.165) is 49.4 Å². The van der Waals surface area contributed by atoms with Crippen LogP contribution < -0.4 is 4.90 Å². The Morgan fingerprint density at radius 2 is 2.14 bits per heavy atom. The van der Waals surface area contributed by atoms with Gasteiger partial charge in [-0.1, -0.05) is 12.1 Å². The van der Waals surface area contributed by atoms with E-state index in [0.29, 0.717) is 6.61 Å².